The molecule has 0 bridgehead atoms. The Balaban J connectivity index is 2.95. The highest BCUT2D eigenvalue weighted by Crippen LogP contribution is 2.12. The minimum Gasteiger partial charge on any atom is -0.428 e. The first-order valence-electron chi connectivity index (χ1n) is 3.74. The number of hydrogen-bond acceptors (Lipinski definition) is 3. The highest BCUT2D eigenvalue weighted by Gasteiger charge is 2.02. The maximum Gasteiger partial charge on any atom is 0.345 e. The van der Waals surface area contributed by atoms with Crippen LogP contribution in [-0.2, 0) is 0 Å². The summed E-state index contributed by atoms with van der Waals surface area (Å²) in [6, 6.07) is 4.86. The van der Waals surface area contributed by atoms with Gasteiger partial charge in [-0.05, 0) is 19.1 Å². The van der Waals surface area contributed by atoms with E-state index < -0.39 is 0 Å². The number of rotatable bonds is 0. The SMILES string of the molecule is Cc1cc2nc(Cl)ccc2c(=O)o1. The van der Waals surface area contributed by atoms with Crippen LogP contribution in [0.15, 0.2) is 27.4 Å². The van der Waals surface area contributed by atoms with Crippen LogP contribution in [0.25, 0.3) is 10.9 Å². The Kier molecular flexibility index (Phi) is 1.81. The van der Waals surface area contributed by atoms with Gasteiger partial charge < -0.3 is 4.42 Å². The molecule has 4 heteroatoms. The highest BCUT2D eigenvalue weighted by atomic mass is 35.5. The predicted molar refractivity (Wildman–Crippen MR) is 50.0 cm³/mol. The van der Waals surface area contributed by atoms with Gasteiger partial charge in [0.2, 0.25) is 0 Å². The standard InChI is InChI=1S/C9H6ClNO2/c1-5-4-7-6(9(12)13-5)2-3-8(10)11-7/h2-4H,1H3. The largest absolute Gasteiger partial charge is 0.428 e. The molecule has 0 saturated carbocycles. The van der Waals surface area contributed by atoms with Crippen molar-refractivity contribution >= 4 is 22.5 Å². The van der Waals surface area contributed by atoms with Gasteiger partial charge in [0, 0.05) is 6.07 Å². The number of halogens is 1. The van der Waals surface area contributed by atoms with Crippen LogP contribution in [0, 0.1) is 6.92 Å². The minimum atomic E-state index is -0.376. The second kappa shape index (κ2) is 2.85. The summed E-state index contributed by atoms with van der Waals surface area (Å²) in [6.45, 7) is 1.70. The van der Waals surface area contributed by atoms with E-state index in [0.29, 0.717) is 21.8 Å². The summed E-state index contributed by atoms with van der Waals surface area (Å²) >= 11 is 5.68. The molecule has 0 radical (unpaired) electrons. The van der Waals surface area contributed by atoms with Crippen molar-refractivity contribution in [1.29, 1.82) is 0 Å². The molecule has 0 unspecified atom stereocenters. The zero-order chi connectivity index (χ0) is 9.42. The molecule has 0 amide bonds. The monoisotopic (exact) mass is 195 g/mol. The molecule has 0 aromatic carbocycles. The molecule has 0 aliphatic carbocycles. The number of hydrogen-bond donors (Lipinski definition) is 0. The Bertz CT molecular complexity index is 513. The molecule has 2 aromatic rings. The second-order valence-electron chi connectivity index (χ2n) is 2.71. The summed E-state index contributed by atoms with van der Waals surface area (Å²) in [6.07, 6.45) is 0. The highest BCUT2D eigenvalue weighted by molar-refractivity contribution is 6.29. The quantitative estimate of drug-likeness (QED) is 0.605. The van der Waals surface area contributed by atoms with Gasteiger partial charge in [-0.25, -0.2) is 9.78 Å². The molecule has 0 N–H and O–H groups in total. The first-order chi connectivity index (χ1) is 6.16. The van der Waals surface area contributed by atoms with E-state index in [1.54, 1.807) is 25.1 Å². The smallest absolute Gasteiger partial charge is 0.345 e. The fraction of sp³-hybridized carbons (Fsp3) is 0.111. The summed E-state index contributed by atoms with van der Waals surface area (Å²) in [5, 5.41) is 0.826. The first-order valence-corrected chi connectivity index (χ1v) is 4.11. The van der Waals surface area contributed by atoms with Crippen molar-refractivity contribution in [1.82, 2.24) is 4.98 Å². The van der Waals surface area contributed by atoms with E-state index in [1.807, 2.05) is 0 Å². The summed E-state index contributed by atoms with van der Waals surface area (Å²) in [5.74, 6) is 0.535. The third kappa shape index (κ3) is 1.42. The molecule has 3 nitrogen and oxygen atoms in total. The Morgan fingerprint density at radius 1 is 1.46 bits per heavy atom. The zero-order valence-electron chi connectivity index (χ0n) is 6.87. The van der Waals surface area contributed by atoms with Crippen LogP contribution in [0.5, 0.6) is 0 Å². The van der Waals surface area contributed by atoms with Gasteiger partial charge in [0.15, 0.2) is 0 Å². The van der Waals surface area contributed by atoms with Crippen LogP contribution in [0.1, 0.15) is 5.76 Å². The van der Waals surface area contributed by atoms with Crippen LogP contribution < -0.4 is 5.63 Å². The van der Waals surface area contributed by atoms with Crippen LogP contribution in [0.4, 0.5) is 0 Å². The normalized spacial score (nSPS) is 10.6. The molecule has 0 saturated heterocycles. The second-order valence-corrected chi connectivity index (χ2v) is 3.10. The number of nitrogens with zero attached hydrogens (tertiary/aromatic N) is 1. The lowest BCUT2D eigenvalue weighted by molar-refractivity contribution is 0.488. The molecule has 13 heavy (non-hydrogen) atoms. The van der Waals surface area contributed by atoms with Gasteiger partial charge in [0.05, 0.1) is 10.9 Å². The third-order valence-corrected chi connectivity index (χ3v) is 1.91. The Morgan fingerprint density at radius 3 is 3.00 bits per heavy atom. The van der Waals surface area contributed by atoms with Crippen molar-refractivity contribution < 1.29 is 4.42 Å². The first kappa shape index (κ1) is 8.26. The van der Waals surface area contributed by atoms with Crippen molar-refractivity contribution in [2.75, 3.05) is 0 Å². The Labute approximate surface area is 79.0 Å². The van der Waals surface area contributed by atoms with Crippen LogP contribution >= 0.6 is 11.6 Å². The lowest BCUT2D eigenvalue weighted by atomic mass is 10.2. The molecule has 66 valence electrons. The van der Waals surface area contributed by atoms with Gasteiger partial charge in [-0.2, -0.15) is 0 Å². The molecule has 2 heterocycles. The molecular weight excluding hydrogens is 190 g/mol. The maximum absolute atomic E-state index is 11.3. The van der Waals surface area contributed by atoms with E-state index in [0.717, 1.165) is 0 Å². The van der Waals surface area contributed by atoms with Crippen molar-refractivity contribution in [2.24, 2.45) is 0 Å². The van der Waals surface area contributed by atoms with Crippen LogP contribution in [-0.4, -0.2) is 4.98 Å². The van der Waals surface area contributed by atoms with Gasteiger partial charge >= 0.3 is 5.63 Å². The van der Waals surface area contributed by atoms with Gasteiger partial charge in [0.25, 0.3) is 0 Å². The predicted octanol–water partition coefficient (Wildman–Crippen LogP) is 2.15. The molecule has 0 spiro atoms. The molecule has 0 aliphatic heterocycles. The van der Waals surface area contributed by atoms with Gasteiger partial charge in [-0.1, -0.05) is 11.6 Å². The zero-order valence-corrected chi connectivity index (χ0v) is 7.63. The van der Waals surface area contributed by atoms with Crippen molar-refractivity contribution in [3.8, 4) is 0 Å². The molecule has 0 aliphatic rings. The summed E-state index contributed by atoms with van der Waals surface area (Å²) in [7, 11) is 0. The summed E-state index contributed by atoms with van der Waals surface area (Å²) in [5.41, 5.74) is 0.195. The number of pyridine rings is 1. The third-order valence-electron chi connectivity index (χ3n) is 1.70. The lowest BCUT2D eigenvalue weighted by Gasteiger charge is -1.96. The average Bonchev–Trinajstić information content (AvgIpc) is 2.02. The van der Waals surface area contributed by atoms with Crippen LogP contribution in [0.2, 0.25) is 5.15 Å². The van der Waals surface area contributed by atoms with Gasteiger partial charge in [0.1, 0.15) is 10.9 Å². The average molecular weight is 196 g/mol. The molecule has 0 fully saturated rings. The van der Waals surface area contributed by atoms with Gasteiger partial charge in [-0.3, -0.25) is 0 Å². The molecule has 2 rings (SSSR count). The topological polar surface area (TPSA) is 43.1 Å². The van der Waals surface area contributed by atoms with E-state index in [4.69, 9.17) is 16.0 Å². The Morgan fingerprint density at radius 2 is 2.23 bits per heavy atom. The van der Waals surface area contributed by atoms with E-state index in [1.165, 1.54) is 0 Å². The fourth-order valence-electron chi connectivity index (χ4n) is 1.16. The fourth-order valence-corrected chi connectivity index (χ4v) is 1.31. The minimum absolute atomic E-state index is 0.373. The van der Waals surface area contributed by atoms with Crippen LogP contribution in [0.3, 0.4) is 0 Å². The molecule has 2 aromatic heterocycles. The summed E-state index contributed by atoms with van der Waals surface area (Å²) < 4.78 is 4.89. The van der Waals surface area contributed by atoms with Crippen molar-refractivity contribution in [3.63, 3.8) is 0 Å². The number of aromatic nitrogens is 1. The lowest BCUT2D eigenvalue weighted by Crippen LogP contribution is -2.00. The van der Waals surface area contributed by atoms with Crippen molar-refractivity contribution in [2.45, 2.75) is 6.92 Å². The molecular formula is C9H6ClNO2. The Hall–Kier alpha value is -1.35. The molecule has 0 atom stereocenters. The van der Waals surface area contributed by atoms with E-state index in [-0.39, 0.29) is 5.63 Å². The van der Waals surface area contributed by atoms with E-state index in [2.05, 4.69) is 4.98 Å². The number of fused-ring (bicyclic) bond motifs is 1. The number of aryl methyl sites for hydroxylation is 1. The van der Waals surface area contributed by atoms with E-state index >= 15 is 0 Å². The van der Waals surface area contributed by atoms with Crippen molar-refractivity contribution in [3.05, 3.63) is 39.5 Å². The van der Waals surface area contributed by atoms with Gasteiger partial charge in [-0.15, -0.1) is 0 Å². The van der Waals surface area contributed by atoms with E-state index in [9.17, 15) is 4.79 Å². The summed E-state index contributed by atoms with van der Waals surface area (Å²) in [4.78, 5) is 15.3. The maximum atomic E-state index is 11.3.